The molecule has 1 aliphatic heterocycles. The van der Waals surface area contributed by atoms with Gasteiger partial charge in [-0.2, -0.15) is 10.1 Å². The van der Waals surface area contributed by atoms with Gasteiger partial charge in [-0.15, -0.1) is 0 Å². The van der Waals surface area contributed by atoms with Crippen LogP contribution in [0.25, 0.3) is 11.0 Å². The molecule has 0 spiro atoms. The molecule has 2 N–H and O–H groups in total. The van der Waals surface area contributed by atoms with Gasteiger partial charge in [-0.05, 0) is 31.0 Å². The number of fused-ring (bicyclic) bond motifs is 1. The fraction of sp³-hybridized carbons (Fsp3) is 0.261. The van der Waals surface area contributed by atoms with Crippen molar-refractivity contribution in [1.29, 1.82) is 0 Å². The first-order valence-electron chi connectivity index (χ1n) is 10.8. The Morgan fingerprint density at radius 1 is 1.09 bits per heavy atom. The first-order chi connectivity index (χ1) is 16.9. The van der Waals surface area contributed by atoms with E-state index in [4.69, 9.17) is 9.47 Å². The molecule has 0 aliphatic carbocycles. The van der Waals surface area contributed by atoms with Gasteiger partial charge in [0.15, 0.2) is 23.1 Å². The SMILES string of the molecule is COc1ccc(Br)cc1Nc1ncc2c(Nc3c(F)cc(F)cc3F)nn(C3CCOCC3)c2n1. The lowest BCUT2D eigenvalue weighted by Crippen LogP contribution is -2.21. The summed E-state index contributed by atoms with van der Waals surface area (Å²) in [7, 11) is 1.56. The number of methoxy groups -OCH3 is 1. The van der Waals surface area contributed by atoms with E-state index in [0.29, 0.717) is 60.7 Å². The lowest BCUT2D eigenvalue weighted by atomic mass is 10.1. The Balaban J connectivity index is 1.57. The summed E-state index contributed by atoms with van der Waals surface area (Å²) in [6, 6.07) is 6.65. The Labute approximate surface area is 206 Å². The number of nitrogens with one attached hydrogen (secondary N) is 2. The van der Waals surface area contributed by atoms with E-state index in [1.807, 2.05) is 12.1 Å². The van der Waals surface area contributed by atoms with Crippen LogP contribution in [0.3, 0.4) is 0 Å². The Bertz CT molecular complexity index is 1370. The molecule has 2 aromatic carbocycles. The number of ether oxygens (including phenoxy) is 2. The highest BCUT2D eigenvalue weighted by atomic mass is 79.9. The summed E-state index contributed by atoms with van der Waals surface area (Å²) in [6.07, 6.45) is 2.91. The van der Waals surface area contributed by atoms with Crippen LogP contribution in [0.1, 0.15) is 18.9 Å². The van der Waals surface area contributed by atoms with E-state index < -0.39 is 23.1 Å². The van der Waals surface area contributed by atoms with E-state index in [0.717, 1.165) is 4.47 Å². The lowest BCUT2D eigenvalue weighted by molar-refractivity contribution is 0.0674. The van der Waals surface area contributed by atoms with Crippen LogP contribution >= 0.6 is 15.9 Å². The van der Waals surface area contributed by atoms with Crippen molar-refractivity contribution in [2.45, 2.75) is 18.9 Å². The van der Waals surface area contributed by atoms with Crippen molar-refractivity contribution in [3.8, 4) is 5.75 Å². The third-order valence-corrected chi connectivity index (χ3v) is 6.14. The minimum atomic E-state index is -1.07. The summed E-state index contributed by atoms with van der Waals surface area (Å²) in [4.78, 5) is 9.02. The third kappa shape index (κ3) is 4.76. The summed E-state index contributed by atoms with van der Waals surface area (Å²) in [5.41, 5.74) is 0.604. The van der Waals surface area contributed by atoms with Crippen LogP contribution in [0.15, 0.2) is 41.0 Å². The van der Waals surface area contributed by atoms with Crippen LogP contribution in [-0.2, 0) is 4.74 Å². The highest BCUT2D eigenvalue weighted by molar-refractivity contribution is 9.10. The van der Waals surface area contributed by atoms with Crippen molar-refractivity contribution >= 4 is 50.1 Å². The maximum Gasteiger partial charge on any atom is 0.229 e. The van der Waals surface area contributed by atoms with Gasteiger partial charge in [0.1, 0.15) is 17.3 Å². The first-order valence-corrected chi connectivity index (χ1v) is 11.6. The molecular weight excluding hydrogens is 529 g/mol. The van der Waals surface area contributed by atoms with Gasteiger partial charge in [0.25, 0.3) is 0 Å². The molecule has 1 aliphatic rings. The molecule has 8 nitrogen and oxygen atoms in total. The van der Waals surface area contributed by atoms with Gasteiger partial charge in [0.2, 0.25) is 5.95 Å². The van der Waals surface area contributed by atoms with Crippen LogP contribution in [0, 0.1) is 17.5 Å². The Morgan fingerprint density at radius 2 is 1.83 bits per heavy atom. The van der Waals surface area contributed by atoms with E-state index in [1.165, 1.54) is 6.20 Å². The summed E-state index contributed by atoms with van der Waals surface area (Å²) in [5, 5.41) is 10.8. The average molecular weight is 549 g/mol. The topological polar surface area (TPSA) is 86.1 Å². The minimum Gasteiger partial charge on any atom is -0.495 e. The van der Waals surface area contributed by atoms with Crippen LogP contribution in [0.2, 0.25) is 0 Å². The number of hydrogen-bond donors (Lipinski definition) is 2. The van der Waals surface area contributed by atoms with E-state index in [9.17, 15) is 13.2 Å². The number of hydrogen-bond acceptors (Lipinski definition) is 7. The van der Waals surface area contributed by atoms with Gasteiger partial charge >= 0.3 is 0 Å². The molecule has 2 aromatic heterocycles. The molecule has 0 amide bonds. The highest BCUT2D eigenvalue weighted by Crippen LogP contribution is 2.34. The molecule has 0 saturated carbocycles. The first kappa shape index (κ1) is 23.4. The molecule has 1 fully saturated rings. The number of benzene rings is 2. The zero-order valence-corrected chi connectivity index (χ0v) is 20.1. The van der Waals surface area contributed by atoms with E-state index in [-0.39, 0.29) is 17.8 Å². The molecule has 182 valence electrons. The molecule has 0 bridgehead atoms. The standard InChI is InChI=1S/C23H20BrF3N6O2/c1-34-19-3-2-12(24)8-18(19)29-23-28-11-15-21(30-20-16(26)9-13(25)10-17(20)27)32-33(22(15)31-23)14-4-6-35-7-5-14/h2-3,8-11,14H,4-7H2,1H3,(H,30,32)(H,28,29,31). The monoisotopic (exact) mass is 548 g/mol. The molecule has 12 heteroatoms. The fourth-order valence-electron chi connectivity index (χ4n) is 3.94. The Hall–Kier alpha value is -3.38. The van der Waals surface area contributed by atoms with Crippen molar-refractivity contribution in [2.24, 2.45) is 0 Å². The van der Waals surface area contributed by atoms with E-state index in [1.54, 1.807) is 17.9 Å². The number of anilines is 4. The molecule has 3 heterocycles. The van der Waals surface area contributed by atoms with E-state index in [2.05, 4.69) is 41.6 Å². The van der Waals surface area contributed by atoms with Crippen LogP contribution in [0.5, 0.6) is 5.75 Å². The smallest absolute Gasteiger partial charge is 0.229 e. The van der Waals surface area contributed by atoms with Crippen molar-refractivity contribution in [2.75, 3.05) is 31.0 Å². The van der Waals surface area contributed by atoms with Crippen molar-refractivity contribution < 1.29 is 22.6 Å². The van der Waals surface area contributed by atoms with Gasteiger partial charge in [-0.3, -0.25) is 0 Å². The van der Waals surface area contributed by atoms with Crippen LogP contribution in [-0.4, -0.2) is 40.1 Å². The predicted octanol–water partition coefficient (Wildman–Crippen LogP) is 5.85. The zero-order valence-electron chi connectivity index (χ0n) is 18.5. The summed E-state index contributed by atoms with van der Waals surface area (Å²) in [6.45, 7) is 1.11. The minimum absolute atomic E-state index is 0.0344. The third-order valence-electron chi connectivity index (χ3n) is 5.64. The number of nitrogens with zero attached hydrogens (tertiary/aromatic N) is 4. The molecule has 35 heavy (non-hydrogen) atoms. The largest absolute Gasteiger partial charge is 0.495 e. The molecule has 4 aromatic rings. The molecule has 0 unspecified atom stereocenters. The number of halogens is 4. The normalized spacial score (nSPS) is 14.3. The summed E-state index contributed by atoms with van der Waals surface area (Å²) in [5.74, 6) is -2.12. The highest BCUT2D eigenvalue weighted by Gasteiger charge is 2.24. The Morgan fingerprint density at radius 3 is 2.54 bits per heavy atom. The molecule has 1 saturated heterocycles. The van der Waals surface area contributed by atoms with Crippen LogP contribution in [0.4, 0.5) is 36.3 Å². The lowest BCUT2D eigenvalue weighted by Gasteiger charge is -2.22. The van der Waals surface area contributed by atoms with Gasteiger partial charge in [0, 0.05) is 36.0 Å². The maximum atomic E-state index is 14.3. The van der Waals surface area contributed by atoms with Crippen LogP contribution < -0.4 is 15.4 Å². The summed E-state index contributed by atoms with van der Waals surface area (Å²) >= 11 is 3.44. The molecule has 5 rings (SSSR count). The number of rotatable bonds is 6. The predicted molar refractivity (Wildman–Crippen MR) is 128 cm³/mol. The molecule has 0 radical (unpaired) electrons. The van der Waals surface area contributed by atoms with Gasteiger partial charge < -0.3 is 20.1 Å². The van der Waals surface area contributed by atoms with Crippen molar-refractivity contribution in [3.63, 3.8) is 0 Å². The van der Waals surface area contributed by atoms with Crippen molar-refractivity contribution in [1.82, 2.24) is 19.7 Å². The second kappa shape index (κ2) is 9.70. The Kier molecular flexibility index (Phi) is 6.48. The van der Waals surface area contributed by atoms with Gasteiger partial charge in [-0.1, -0.05) is 15.9 Å². The second-order valence-electron chi connectivity index (χ2n) is 7.91. The molecular formula is C23H20BrF3N6O2. The zero-order chi connectivity index (χ0) is 24.5. The quantitative estimate of drug-likeness (QED) is 0.312. The summed E-state index contributed by atoms with van der Waals surface area (Å²) < 4.78 is 55.4. The van der Waals surface area contributed by atoms with Gasteiger partial charge in [-0.25, -0.2) is 22.8 Å². The second-order valence-corrected chi connectivity index (χ2v) is 8.82. The average Bonchev–Trinajstić information content (AvgIpc) is 3.20. The fourth-order valence-corrected chi connectivity index (χ4v) is 4.30. The van der Waals surface area contributed by atoms with Crippen molar-refractivity contribution in [3.05, 3.63) is 58.5 Å². The van der Waals surface area contributed by atoms with E-state index >= 15 is 0 Å². The number of aromatic nitrogens is 4. The van der Waals surface area contributed by atoms with Gasteiger partial charge in [0.05, 0.1) is 24.2 Å². The molecule has 0 atom stereocenters. The maximum absolute atomic E-state index is 14.3.